The molecule has 0 bridgehead atoms. The second-order valence-corrected chi connectivity index (χ2v) is 4.08. The molecule has 2 heteroatoms. The van der Waals surface area contributed by atoms with Gasteiger partial charge in [-0.05, 0) is 37.5 Å². The third-order valence-electron chi connectivity index (χ3n) is 1.95. The van der Waals surface area contributed by atoms with E-state index >= 15 is 0 Å². The van der Waals surface area contributed by atoms with Gasteiger partial charge in [0.15, 0.2) is 0 Å². The van der Waals surface area contributed by atoms with Crippen LogP contribution in [0.1, 0.15) is 39.2 Å². The molecule has 1 aromatic rings. The Hall–Kier alpha value is -1.18. The van der Waals surface area contributed by atoms with Gasteiger partial charge in [-0.25, -0.2) is 0 Å². The second-order valence-electron chi connectivity index (χ2n) is 4.08. The fourth-order valence-corrected chi connectivity index (χ4v) is 1.28. The van der Waals surface area contributed by atoms with Crippen molar-refractivity contribution in [3.05, 3.63) is 23.8 Å². The molecule has 0 aliphatic carbocycles. The Morgan fingerprint density at radius 2 is 1.71 bits per heavy atom. The van der Waals surface area contributed by atoms with Crippen LogP contribution in [0, 0.1) is 0 Å². The summed E-state index contributed by atoms with van der Waals surface area (Å²) in [5, 5.41) is 9.48. The van der Waals surface area contributed by atoms with Gasteiger partial charge < -0.3 is 9.84 Å². The lowest BCUT2D eigenvalue weighted by molar-refractivity contribution is 0.241. The molecule has 0 radical (unpaired) electrons. The van der Waals surface area contributed by atoms with E-state index in [0.29, 0.717) is 5.92 Å². The van der Waals surface area contributed by atoms with Crippen molar-refractivity contribution in [2.24, 2.45) is 0 Å². The Morgan fingerprint density at radius 3 is 2.21 bits per heavy atom. The summed E-state index contributed by atoms with van der Waals surface area (Å²) in [5.74, 6) is 1.41. The maximum Gasteiger partial charge on any atom is 0.123 e. The fraction of sp³-hybridized carbons (Fsp3) is 0.500. The molecule has 0 atom stereocenters. The predicted molar refractivity (Wildman–Crippen MR) is 58.0 cm³/mol. The predicted octanol–water partition coefficient (Wildman–Crippen LogP) is 3.30. The van der Waals surface area contributed by atoms with Gasteiger partial charge >= 0.3 is 0 Å². The average molecular weight is 194 g/mol. The minimum absolute atomic E-state index is 0.136. The number of hydrogen-bond donors (Lipinski definition) is 1. The van der Waals surface area contributed by atoms with Crippen LogP contribution in [-0.2, 0) is 0 Å². The summed E-state index contributed by atoms with van der Waals surface area (Å²) in [4.78, 5) is 0. The van der Waals surface area contributed by atoms with E-state index < -0.39 is 0 Å². The van der Waals surface area contributed by atoms with Crippen LogP contribution in [0.3, 0.4) is 0 Å². The number of phenolic OH excluding ortho intramolecular Hbond substituents is 1. The van der Waals surface area contributed by atoms with E-state index in [1.807, 2.05) is 19.9 Å². The molecule has 0 aliphatic heterocycles. The van der Waals surface area contributed by atoms with Gasteiger partial charge in [0, 0.05) is 6.07 Å². The van der Waals surface area contributed by atoms with Crippen LogP contribution in [0.5, 0.6) is 11.5 Å². The molecule has 0 saturated heterocycles. The summed E-state index contributed by atoms with van der Waals surface area (Å²) in [6, 6.07) is 5.40. The zero-order valence-electron chi connectivity index (χ0n) is 9.24. The molecule has 1 N–H and O–H groups in total. The van der Waals surface area contributed by atoms with E-state index in [9.17, 15) is 5.11 Å². The van der Waals surface area contributed by atoms with Crippen molar-refractivity contribution in [3.8, 4) is 11.5 Å². The molecule has 0 saturated carbocycles. The van der Waals surface area contributed by atoms with Crippen molar-refractivity contribution < 1.29 is 9.84 Å². The third kappa shape index (κ3) is 2.95. The first-order chi connectivity index (χ1) is 6.49. The summed E-state index contributed by atoms with van der Waals surface area (Å²) in [6.07, 6.45) is 0.136. The second kappa shape index (κ2) is 4.36. The van der Waals surface area contributed by atoms with Crippen LogP contribution in [0.15, 0.2) is 18.2 Å². The molecule has 0 aliphatic rings. The molecule has 2 nitrogen and oxygen atoms in total. The highest BCUT2D eigenvalue weighted by molar-refractivity contribution is 5.38. The molecule has 78 valence electrons. The Kier molecular flexibility index (Phi) is 3.39. The van der Waals surface area contributed by atoms with Gasteiger partial charge in [-0.3, -0.25) is 0 Å². The topological polar surface area (TPSA) is 29.5 Å². The lowest BCUT2D eigenvalue weighted by Gasteiger charge is -2.13. The highest BCUT2D eigenvalue weighted by atomic mass is 16.5. The first-order valence-electron chi connectivity index (χ1n) is 4.99. The first-order valence-corrected chi connectivity index (χ1v) is 4.99. The SMILES string of the molecule is CC(C)Oc1cc(O)cc(C(C)C)c1. The molecule has 14 heavy (non-hydrogen) atoms. The molecule has 0 heterocycles. The lowest BCUT2D eigenvalue weighted by atomic mass is 10.0. The van der Waals surface area contributed by atoms with E-state index in [1.165, 1.54) is 0 Å². The van der Waals surface area contributed by atoms with Crippen LogP contribution < -0.4 is 4.74 Å². The van der Waals surface area contributed by atoms with E-state index in [4.69, 9.17) is 4.74 Å². The van der Waals surface area contributed by atoms with Crippen molar-refractivity contribution in [3.63, 3.8) is 0 Å². The van der Waals surface area contributed by atoms with E-state index in [1.54, 1.807) is 12.1 Å². The summed E-state index contributed by atoms with van der Waals surface area (Å²) in [6.45, 7) is 8.13. The molecule has 1 rings (SSSR count). The molecule has 0 fully saturated rings. The zero-order chi connectivity index (χ0) is 10.7. The fourth-order valence-electron chi connectivity index (χ4n) is 1.28. The standard InChI is InChI=1S/C12H18O2/c1-8(2)10-5-11(13)7-12(6-10)14-9(3)4/h5-9,13H,1-4H3. The van der Waals surface area contributed by atoms with Gasteiger partial charge in [0.2, 0.25) is 0 Å². The molecule has 1 aromatic carbocycles. The van der Waals surface area contributed by atoms with Gasteiger partial charge in [0.25, 0.3) is 0 Å². The highest BCUT2D eigenvalue weighted by Gasteiger charge is 2.05. The highest BCUT2D eigenvalue weighted by Crippen LogP contribution is 2.26. The Balaban J connectivity index is 2.95. The largest absolute Gasteiger partial charge is 0.508 e. The lowest BCUT2D eigenvalue weighted by Crippen LogP contribution is -2.05. The van der Waals surface area contributed by atoms with E-state index in [2.05, 4.69) is 13.8 Å². The molecule has 0 aromatic heterocycles. The van der Waals surface area contributed by atoms with Gasteiger partial charge in [0.05, 0.1) is 6.10 Å². The molecule has 0 amide bonds. The summed E-state index contributed by atoms with van der Waals surface area (Å²) < 4.78 is 5.53. The molecule has 0 unspecified atom stereocenters. The molecule has 0 spiro atoms. The van der Waals surface area contributed by atoms with Gasteiger partial charge in [-0.1, -0.05) is 13.8 Å². The number of rotatable bonds is 3. The number of aromatic hydroxyl groups is 1. The number of ether oxygens (including phenoxy) is 1. The summed E-state index contributed by atoms with van der Waals surface area (Å²) >= 11 is 0. The van der Waals surface area contributed by atoms with Crippen LogP contribution in [0.4, 0.5) is 0 Å². The van der Waals surface area contributed by atoms with Crippen LogP contribution in [0.25, 0.3) is 0 Å². The van der Waals surface area contributed by atoms with Crippen molar-refractivity contribution >= 4 is 0 Å². The van der Waals surface area contributed by atoms with Crippen molar-refractivity contribution in [2.75, 3.05) is 0 Å². The van der Waals surface area contributed by atoms with Crippen LogP contribution in [-0.4, -0.2) is 11.2 Å². The van der Waals surface area contributed by atoms with E-state index in [-0.39, 0.29) is 11.9 Å². The van der Waals surface area contributed by atoms with Gasteiger partial charge in [-0.15, -0.1) is 0 Å². The number of hydrogen-bond acceptors (Lipinski definition) is 2. The van der Waals surface area contributed by atoms with Crippen LogP contribution >= 0.6 is 0 Å². The Morgan fingerprint density at radius 1 is 1.07 bits per heavy atom. The Bertz CT molecular complexity index is 303. The monoisotopic (exact) mass is 194 g/mol. The Labute approximate surface area is 85.5 Å². The zero-order valence-corrected chi connectivity index (χ0v) is 9.24. The normalized spacial score (nSPS) is 11.0. The van der Waals surface area contributed by atoms with Gasteiger partial charge in [-0.2, -0.15) is 0 Å². The van der Waals surface area contributed by atoms with Gasteiger partial charge in [0.1, 0.15) is 11.5 Å². The number of benzene rings is 1. The minimum Gasteiger partial charge on any atom is -0.508 e. The smallest absolute Gasteiger partial charge is 0.123 e. The van der Waals surface area contributed by atoms with Crippen molar-refractivity contribution in [1.82, 2.24) is 0 Å². The first kappa shape index (κ1) is 10.9. The van der Waals surface area contributed by atoms with E-state index in [0.717, 1.165) is 11.3 Å². The number of phenols is 1. The maximum atomic E-state index is 9.48. The summed E-state index contributed by atoms with van der Waals surface area (Å²) in [7, 11) is 0. The summed E-state index contributed by atoms with van der Waals surface area (Å²) in [5.41, 5.74) is 1.10. The quantitative estimate of drug-likeness (QED) is 0.800. The molecular formula is C12H18O2. The van der Waals surface area contributed by atoms with Crippen molar-refractivity contribution in [1.29, 1.82) is 0 Å². The maximum absolute atomic E-state index is 9.48. The van der Waals surface area contributed by atoms with Crippen LogP contribution in [0.2, 0.25) is 0 Å². The van der Waals surface area contributed by atoms with Crippen molar-refractivity contribution in [2.45, 2.75) is 39.7 Å². The molecular weight excluding hydrogens is 176 g/mol. The minimum atomic E-state index is 0.136. The average Bonchev–Trinajstić information content (AvgIpc) is 2.01. The third-order valence-corrected chi connectivity index (χ3v) is 1.95.